The maximum absolute atomic E-state index is 12.7. The summed E-state index contributed by atoms with van der Waals surface area (Å²) in [5.74, 6) is -0.737. The molecule has 136 valence electrons. The molecule has 0 saturated heterocycles. The molecule has 3 rings (SSSR count). The Hall–Kier alpha value is -2.67. The number of allylic oxidation sites excluding steroid dienone is 2. The second-order valence-electron chi connectivity index (χ2n) is 5.51. The van der Waals surface area contributed by atoms with E-state index in [2.05, 4.69) is 4.74 Å². The average Bonchev–Trinajstić information content (AvgIpc) is 2.89. The van der Waals surface area contributed by atoms with Crippen LogP contribution in [0.2, 0.25) is 5.02 Å². The molecule has 1 aliphatic rings. The van der Waals surface area contributed by atoms with Crippen molar-refractivity contribution in [2.24, 2.45) is 0 Å². The van der Waals surface area contributed by atoms with Crippen LogP contribution in [0.25, 0.3) is 5.57 Å². The summed E-state index contributed by atoms with van der Waals surface area (Å²) < 4.78 is 47.5. The van der Waals surface area contributed by atoms with Crippen molar-refractivity contribution in [1.82, 2.24) is 0 Å². The molecule has 0 atom stereocenters. The van der Waals surface area contributed by atoms with Gasteiger partial charge in [-0.05, 0) is 42.5 Å². The van der Waals surface area contributed by atoms with Gasteiger partial charge in [0, 0.05) is 23.4 Å². The van der Waals surface area contributed by atoms with Gasteiger partial charge in [-0.15, -0.1) is 13.2 Å². The topological polar surface area (TPSA) is 55.8 Å². The predicted octanol–water partition coefficient (Wildman–Crippen LogP) is 5.66. The molecule has 0 fully saturated rings. The second kappa shape index (κ2) is 6.92. The maximum Gasteiger partial charge on any atom is 0.573 e. The number of aliphatic hydroxyl groups is 1. The Bertz CT molecular complexity index is 873. The smallest absolute Gasteiger partial charge is 0.512 e. The molecule has 0 amide bonds. The van der Waals surface area contributed by atoms with Crippen molar-refractivity contribution in [2.75, 3.05) is 0 Å². The third-order valence-electron chi connectivity index (χ3n) is 3.65. The van der Waals surface area contributed by atoms with Crippen LogP contribution in [-0.4, -0.2) is 17.3 Å². The number of rotatable bonds is 4. The van der Waals surface area contributed by atoms with E-state index in [1.807, 2.05) is 0 Å². The minimum atomic E-state index is -4.94. The standard InChI is InChI=1S/C18H12ClF3O4/c19-10-1-3-11(4-2-10)25-12-5-8-16(26-18(20,21)22)13(9-12)17-14(23)6-7-15(17)24/h1-5,8-9,23H,6-7H2. The van der Waals surface area contributed by atoms with Gasteiger partial charge in [0.2, 0.25) is 0 Å². The van der Waals surface area contributed by atoms with Gasteiger partial charge in [-0.2, -0.15) is 0 Å². The molecular formula is C18H12ClF3O4. The largest absolute Gasteiger partial charge is 0.573 e. The first-order chi connectivity index (χ1) is 12.2. The Morgan fingerprint density at radius 1 is 1.00 bits per heavy atom. The summed E-state index contributed by atoms with van der Waals surface area (Å²) in [5, 5.41) is 10.4. The van der Waals surface area contributed by atoms with Crippen LogP contribution in [0.15, 0.2) is 48.2 Å². The zero-order chi connectivity index (χ0) is 18.9. The number of Topliss-reactive ketones (excluding diaryl/α,β-unsaturated/α-hetero) is 1. The number of carbonyl (C=O) groups excluding carboxylic acids is 1. The first-order valence-electron chi connectivity index (χ1n) is 7.52. The van der Waals surface area contributed by atoms with Crippen molar-refractivity contribution in [1.29, 1.82) is 0 Å². The SMILES string of the molecule is O=C1CCC(O)=C1c1cc(Oc2ccc(Cl)cc2)ccc1OC(F)(F)F. The van der Waals surface area contributed by atoms with Crippen LogP contribution in [0.4, 0.5) is 13.2 Å². The summed E-state index contributed by atoms with van der Waals surface area (Å²) in [4.78, 5) is 12.0. The van der Waals surface area contributed by atoms with E-state index >= 15 is 0 Å². The van der Waals surface area contributed by atoms with Gasteiger partial charge in [-0.1, -0.05) is 11.6 Å². The number of carbonyl (C=O) groups is 1. The molecule has 1 N–H and O–H groups in total. The third kappa shape index (κ3) is 4.11. The molecule has 4 nitrogen and oxygen atoms in total. The molecule has 0 bridgehead atoms. The van der Waals surface area contributed by atoms with Gasteiger partial charge in [0.25, 0.3) is 0 Å². The third-order valence-corrected chi connectivity index (χ3v) is 3.90. The normalized spacial score (nSPS) is 14.7. The molecule has 8 heteroatoms. The number of ether oxygens (including phenoxy) is 2. The van der Waals surface area contributed by atoms with Gasteiger partial charge in [-0.3, -0.25) is 4.79 Å². The summed E-state index contributed by atoms with van der Waals surface area (Å²) in [7, 11) is 0. The van der Waals surface area contributed by atoms with Crippen molar-refractivity contribution in [3.63, 3.8) is 0 Å². The second-order valence-corrected chi connectivity index (χ2v) is 5.94. The Kier molecular flexibility index (Phi) is 4.82. The molecule has 0 saturated carbocycles. The van der Waals surface area contributed by atoms with Gasteiger partial charge in [0.1, 0.15) is 23.0 Å². The fraction of sp³-hybridized carbons (Fsp3) is 0.167. The monoisotopic (exact) mass is 384 g/mol. The number of alkyl halides is 3. The lowest BCUT2D eigenvalue weighted by Crippen LogP contribution is -2.18. The highest BCUT2D eigenvalue weighted by molar-refractivity contribution is 6.30. The molecule has 2 aromatic rings. The maximum atomic E-state index is 12.7. The zero-order valence-electron chi connectivity index (χ0n) is 13.1. The van der Waals surface area contributed by atoms with Crippen molar-refractivity contribution in [3.8, 4) is 17.2 Å². The van der Waals surface area contributed by atoms with Gasteiger partial charge in [0.15, 0.2) is 5.78 Å². The minimum Gasteiger partial charge on any atom is -0.512 e. The molecule has 1 aliphatic carbocycles. The summed E-state index contributed by atoms with van der Waals surface area (Å²) in [6.45, 7) is 0. The van der Waals surface area contributed by atoms with E-state index in [0.29, 0.717) is 10.8 Å². The van der Waals surface area contributed by atoms with Gasteiger partial charge < -0.3 is 14.6 Å². The van der Waals surface area contributed by atoms with Crippen molar-refractivity contribution < 1.29 is 32.5 Å². The number of ketones is 1. The van der Waals surface area contributed by atoms with Crippen molar-refractivity contribution in [2.45, 2.75) is 19.2 Å². The van der Waals surface area contributed by atoms with E-state index in [1.54, 1.807) is 24.3 Å². The van der Waals surface area contributed by atoms with Gasteiger partial charge in [0.05, 0.1) is 5.57 Å². The van der Waals surface area contributed by atoms with Crippen LogP contribution in [0, 0.1) is 0 Å². The van der Waals surface area contributed by atoms with Crippen LogP contribution in [0.1, 0.15) is 18.4 Å². The molecule has 0 aromatic heterocycles. The van der Waals surface area contributed by atoms with Gasteiger partial charge in [-0.25, -0.2) is 0 Å². The van der Waals surface area contributed by atoms with E-state index < -0.39 is 17.9 Å². The summed E-state index contributed by atoms with van der Waals surface area (Å²) in [6, 6.07) is 9.89. The molecule has 26 heavy (non-hydrogen) atoms. The van der Waals surface area contributed by atoms with Crippen molar-refractivity contribution >= 4 is 23.0 Å². The van der Waals surface area contributed by atoms with Gasteiger partial charge >= 0.3 is 6.36 Å². The molecule has 0 heterocycles. The molecule has 2 aromatic carbocycles. The predicted molar refractivity (Wildman–Crippen MR) is 88.4 cm³/mol. The molecule has 0 aliphatic heterocycles. The Morgan fingerprint density at radius 2 is 1.65 bits per heavy atom. The van der Waals surface area contributed by atoms with Crippen molar-refractivity contribution in [3.05, 3.63) is 58.8 Å². The van der Waals surface area contributed by atoms with Crippen LogP contribution in [-0.2, 0) is 4.79 Å². The Balaban J connectivity index is 2.01. The van der Waals surface area contributed by atoms with E-state index in [4.69, 9.17) is 16.3 Å². The lowest BCUT2D eigenvalue weighted by atomic mass is 10.0. The number of halogens is 4. The fourth-order valence-corrected chi connectivity index (χ4v) is 2.69. The minimum absolute atomic E-state index is 0.0227. The van der Waals surface area contributed by atoms with Crippen LogP contribution < -0.4 is 9.47 Å². The van der Waals surface area contributed by atoms with Crippen LogP contribution in [0.3, 0.4) is 0 Å². The quantitative estimate of drug-likeness (QED) is 0.738. The summed E-state index contributed by atoms with van der Waals surface area (Å²) in [5.41, 5.74) is -0.361. The molecule has 0 unspecified atom stereocenters. The van der Waals surface area contributed by atoms with E-state index in [0.717, 1.165) is 6.07 Å². The van der Waals surface area contributed by atoms with E-state index in [-0.39, 0.29) is 35.5 Å². The average molecular weight is 385 g/mol. The van der Waals surface area contributed by atoms with Crippen LogP contribution >= 0.6 is 11.6 Å². The fourth-order valence-electron chi connectivity index (χ4n) is 2.57. The lowest BCUT2D eigenvalue weighted by molar-refractivity contribution is -0.274. The Morgan fingerprint density at radius 3 is 2.23 bits per heavy atom. The summed E-state index contributed by atoms with van der Waals surface area (Å²) in [6.07, 6.45) is -4.85. The highest BCUT2D eigenvalue weighted by Gasteiger charge is 2.34. The zero-order valence-corrected chi connectivity index (χ0v) is 13.9. The van der Waals surface area contributed by atoms with E-state index in [9.17, 15) is 23.1 Å². The number of aliphatic hydroxyl groups excluding tert-OH is 1. The first-order valence-corrected chi connectivity index (χ1v) is 7.89. The number of hydrogen-bond donors (Lipinski definition) is 1. The first kappa shape index (κ1) is 18.1. The highest BCUT2D eigenvalue weighted by atomic mass is 35.5. The Labute approximate surface area is 151 Å². The number of hydrogen-bond acceptors (Lipinski definition) is 4. The molecule has 0 spiro atoms. The molecule has 0 radical (unpaired) electrons. The molecular weight excluding hydrogens is 373 g/mol. The van der Waals surface area contributed by atoms with Crippen LogP contribution in [0.5, 0.6) is 17.2 Å². The number of benzene rings is 2. The summed E-state index contributed by atoms with van der Waals surface area (Å²) >= 11 is 5.79. The lowest BCUT2D eigenvalue weighted by Gasteiger charge is -2.15. The van der Waals surface area contributed by atoms with E-state index in [1.165, 1.54) is 12.1 Å². The highest BCUT2D eigenvalue weighted by Crippen LogP contribution is 2.39.